The first-order valence-electron chi connectivity index (χ1n) is 5.62. The van der Waals surface area contributed by atoms with Crippen molar-refractivity contribution in [1.29, 1.82) is 0 Å². The average Bonchev–Trinajstić information content (AvgIpc) is 2.26. The molecule has 8 heteroatoms. The molecule has 4 N–H and O–H groups in total. The summed E-state index contributed by atoms with van der Waals surface area (Å²) in [6.07, 6.45) is -1.01. The number of hydrogen-bond donors (Lipinski definition) is 4. The highest BCUT2D eigenvalue weighted by atomic mass is 16.7. The second kappa shape index (κ2) is 7.02. The molecule has 0 aromatic heterocycles. The highest BCUT2D eigenvalue weighted by Gasteiger charge is 2.33. The summed E-state index contributed by atoms with van der Waals surface area (Å²) in [5.74, 6) is 0. The standard InChI is InChI=1S/C10H18N2O6/c1-17-5-18-8-3-2-6(11-9(13)14)4-7(8)12-10(15)16/h6-8,11-12H,2-5H2,1H3,(H,13,14)(H,15,16)/t6-,7-,8-/m0/s1. The number of carboxylic acid groups (broad SMARTS) is 2. The van der Waals surface area contributed by atoms with Crippen molar-refractivity contribution in [1.82, 2.24) is 10.6 Å². The van der Waals surface area contributed by atoms with Crippen LogP contribution < -0.4 is 10.6 Å². The summed E-state index contributed by atoms with van der Waals surface area (Å²) in [6.45, 7) is 0.0828. The summed E-state index contributed by atoms with van der Waals surface area (Å²) in [5, 5.41) is 22.1. The van der Waals surface area contributed by atoms with E-state index in [2.05, 4.69) is 10.6 Å². The van der Waals surface area contributed by atoms with Gasteiger partial charge in [-0.3, -0.25) is 0 Å². The summed E-state index contributed by atoms with van der Waals surface area (Å²) in [7, 11) is 1.48. The number of methoxy groups -OCH3 is 1. The highest BCUT2D eigenvalue weighted by Crippen LogP contribution is 2.22. The lowest BCUT2D eigenvalue weighted by Crippen LogP contribution is -2.52. The fourth-order valence-electron chi connectivity index (χ4n) is 2.11. The van der Waals surface area contributed by atoms with Crippen molar-refractivity contribution in [3.05, 3.63) is 0 Å². The summed E-state index contributed by atoms with van der Waals surface area (Å²) in [4.78, 5) is 21.2. The van der Waals surface area contributed by atoms with Crippen LogP contribution in [-0.2, 0) is 9.47 Å². The molecule has 0 heterocycles. The molecule has 8 nitrogen and oxygen atoms in total. The van der Waals surface area contributed by atoms with Crippen LogP contribution in [0.25, 0.3) is 0 Å². The van der Waals surface area contributed by atoms with Gasteiger partial charge in [0.15, 0.2) is 0 Å². The van der Waals surface area contributed by atoms with E-state index >= 15 is 0 Å². The lowest BCUT2D eigenvalue weighted by molar-refractivity contribution is -0.0939. The molecule has 18 heavy (non-hydrogen) atoms. The molecular formula is C10H18N2O6. The minimum Gasteiger partial charge on any atom is -0.465 e. The number of ether oxygens (including phenoxy) is 2. The smallest absolute Gasteiger partial charge is 0.404 e. The molecule has 0 radical (unpaired) electrons. The van der Waals surface area contributed by atoms with Crippen LogP contribution in [0.5, 0.6) is 0 Å². The molecule has 1 saturated carbocycles. The molecule has 104 valence electrons. The van der Waals surface area contributed by atoms with Gasteiger partial charge in [-0.25, -0.2) is 9.59 Å². The van der Waals surface area contributed by atoms with Crippen LogP contribution >= 0.6 is 0 Å². The zero-order valence-electron chi connectivity index (χ0n) is 10.1. The van der Waals surface area contributed by atoms with Gasteiger partial charge in [0.1, 0.15) is 6.79 Å². The molecule has 3 atom stereocenters. The molecule has 2 amide bonds. The Morgan fingerprint density at radius 3 is 2.44 bits per heavy atom. The van der Waals surface area contributed by atoms with Gasteiger partial charge in [-0.15, -0.1) is 0 Å². The van der Waals surface area contributed by atoms with E-state index in [-0.39, 0.29) is 18.9 Å². The van der Waals surface area contributed by atoms with Gasteiger partial charge in [0.2, 0.25) is 0 Å². The van der Waals surface area contributed by atoms with Gasteiger partial charge in [-0.05, 0) is 19.3 Å². The third-order valence-corrected chi connectivity index (χ3v) is 2.82. The maximum Gasteiger partial charge on any atom is 0.404 e. The van der Waals surface area contributed by atoms with Crippen LogP contribution in [0.2, 0.25) is 0 Å². The van der Waals surface area contributed by atoms with Crippen molar-refractivity contribution in [3.63, 3.8) is 0 Å². The molecule has 0 saturated heterocycles. The molecule has 0 bridgehead atoms. The van der Waals surface area contributed by atoms with Crippen molar-refractivity contribution in [2.24, 2.45) is 0 Å². The zero-order chi connectivity index (χ0) is 13.5. The third-order valence-electron chi connectivity index (χ3n) is 2.82. The van der Waals surface area contributed by atoms with Gasteiger partial charge in [0.25, 0.3) is 0 Å². The first-order valence-corrected chi connectivity index (χ1v) is 5.62. The quantitative estimate of drug-likeness (QED) is 0.534. The Morgan fingerprint density at radius 1 is 1.22 bits per heavy atom. The first-order chi connectivity index (χ1) is 8.52. The van der Waals surface area contributed by atoms with E-state index in [4.69, 9.17) is 19.7 Å². The summed E-state index contributed by atoms with van der Waals surface area (Å²) >= 11 is 0. The number of carbonyl (C=O) groups is 2. The molecular weight excluding hydrogens is 244 g/mol. The molecule has 1 aliphatic carbocycles. The van der Waals surface area contributed by atoms with Crippen molar-refractivity contribution in [3.8, 4) is 0 Å². The zero-order valence-corrected chi connectivity index (χ0v) is 10.1. The molecule has 1 aliphatic rings. The molecule has 0 unspecified atom stereocenters. The average molecular weight is 262 g/mol. The SMILES string of the molecule is COCO[C@H]1CC[C@H](NC(=O)O)C[C@@H]1NC(=O)O. The van der Waals surface area contributed by atoms with Crippen LogP contribution in [-0.4, -0.2) is 54.5 Å². The van der Waals surface area contributed by atoms with Crippen molar-refractivity contribution < 1.29 is 29.3 Å². The fraction of sp³-hybridized carbons (Fsp3) is 0.800. The number of amides is 2. The van der Waals surface area contributed by atoms with Crippen LogP contribution in [0.3, 0.4) is 0 Å². The fourth-order valence-corrected chi connectivity index (χ4v) is 2.11. The van der Waals surface area contributed by atoms with Gasteiger partial charge >= 0.3 is 12.2 Å². The predicted octanol–water partition coefficient (Wildman–Crippen LogP) is 0.432. The Kier molecular flexibility index (Phi) is 5.66. The number of nitrogens with one attached hydrogen (secondary N) is 2. The van der Waals surface area contributed by atoms with Gasteiger partial charge in [-0.1, -0.05) is 0 Å². The molecule has 0 spiro atoms. The van der Waals surface area contributed by atoms with E-state index < -0.39 is 18.2 Å². The number of hydrogen-bond acceptors (Lipinski definition) is 4. The first kappa shape index (κ1) is 14.5. The minimum absolute atomic E-state index is 0.0828. The van der Waals surface area contributed by atoms with Crippen LogP contribution in [0.15, 0.2) is 0 Å². The van der Waals surface area contributed by atoms with Crippen molar-refractivity contribution >= 4 is 12.2 Å². The predicted molar refractivity (Wildman–Crippen MR) is 60.5 cm³/mol. The maximum atomic E-state index is 10.7. The Bertz CT molecular complexity index is 298. The second-order valence-corrected chi connectivity index (χ2v) is 4.13. The summed E-state index contributed by atoms with van der Waals surface area (Å²) in [6, 6.07) is -0.704. The largest absolute Gasteiger partial charge is 0.465 e. The normalized spacial score (nSPS) is 27.5. The van der Waals surface area contributed by atoms with Gasteiger partial charge < -0.3 is 30.3 Å². The van der Waals surface area contributed by atoms with Crippen molar-refractivity contribution in [2.75, 3.05) is 13.9 Å². The Morgan fingerprint density at radius 2 is 1.89 bits per heavy atom. The van der Waals surface area contributed by atoms with Gasteiger partial charge in [-0.2, -0.15) is 0 Å². The molecule has 0 aliphatic heterocycles. The molecule has 0 aromatic rings. The van der Waals surface area contributed by atoms with Gasteiger partial charge in [0.05, 0.1) is 12.1 Å². The van der Waals surface area contributed by atoms with Crippen LogP contribution in [0, 0.1) is 0 Å². The summed E-state index contributed by atoms with van der Waals surface area (Å²) < 4.78 is 10.2. The monoisotopic (exact) mass is 262 g/mol. The lowest BCUT2D eigenvalue weighted by Gasteiger charge is -2.35. The summed E-state index contributed by atoms with van der Waals surface area (Å²) in [5.41, 5.74) is 0. The van der Waals surface area contributed by atoms with E-state index in [1.165, 1.54) is 7.11 Å². The third kappa shape index (κ3) is 4.76. The minimum atomic E-state index is -1.15. The highest BCUT2D eigenvalue weighted by molar-refractivity contribution is 5.65. The lowest BCUT2D eigenvalue weighted by atomic mass is 9.88. The van der Waals surface area contributed by atoms with E-state index in [0.717, 1.165) is 0 Å². The Labute approximate surface area is 104 Å². The Balaban J connectivity index is 2.54. The van der Waals surface area contributed by atoms with Crippen molar-refractivity contribution in [2.45, 2.75) is 37.5 Å². The Hall–Kier alpha value is -1.54. The number of rotatable bonds is 5. The maximum absolute atomic E-state index is 10.7. The van der Waals surface area contributed by atoms with E-state index in [1.54, 1.807) is 0 Å². The van der Waals surface area contributed by atoms with Crippen LogP contribution in [0.1, 0.15) is 19.3 Å². The molecule has 0 aromatic carbocycles. The van der Waals surface area contributed by atoms with E-state index in [9.17, 15) is 9.59 Å². The van der Waals surface area contributed by atoms with Gasteiger partial charge in [0, 0.05) is 13.2 Å². The van der Waals surface area contributed by atoms with E-state index in [1.807, 2.05) is 0 Å². The second-order valence-electron chi connectivity index (χ2n) is 4.13. The topological polar surface area (TPSA) is 117 Å². The van der Waals surface area contributed by atoms with Crippen LogP contribution in [0.4, 0.5) is 9.59 Å². The van der Waals surface area contributed by atoms with E-state index in [0.29, 0.717) is 19.3 Å². The molecule has 1 rings (SSSR count). The molecule has 1 fully saturated rings.